The number of aryl methyl sites for hydroxylation is 1. The summed E-state index contributed by atoms with van der Waals surface area (Å²) in [5, 5.41) is 10.7. The Balaban J connectivity index is 1.71. The van der Waals surface area contributed by atoms with Gasteiger partial charge in [-0.05, 0) is 43.0 Å². The molecule has 0 atom stereocenters. The second-order valence-corrected chi connectivity index (χ2v) is 8.19. The Hall–Kier alpha value is -2.52. The van der Waals surface area contributed by atoms with Crippen LogP contribution in [0.1, 0.15) is 43.7 Å². The SMILES string of the molecule is CCc1cc(SCC(=O)N2CCCCCC2)n2c(nc3ccccc32)c1C#N. The zero-order valence-electron chi connectivity index (χ0n) is 16.1. The first-order valence-electron chi connectivity index (χ1n) is 9.96. The van der Waals surface area contributed by atoms with Gasteiger partial charge in [-0.1, -0.05) is 43.7 Å². The molecule has 6 heteroatoms. The van der Waals surface area contributed by atoms with Gasteiger partial charge in [0.15, 0.2) is 5.65 Å². The number of benzene rings is 1. The van der Waals surface area contributed by atoms with Crippen LogP contribution in [0.5, 0.6) is 0 Å². The van der Waals surface area contributed by atoms with Crippen molar-refractivity contribution in [3.63, 3.8) is 0 Å². The summed E-state index contributed by atoms with van der Waals surface area (Å²) in [6.07, 6.45) is 5.39. The quantitative estimate of drug-likeness (QED) is 0.617. The zero-order chi connectivity index (χ0) is 19.5. The second kappa shape index (κ2) is 8.24. The van der Waals surface area contributed by atoms with Crippen molar-refractivity contribution in [3.8, 4) is 6.07 Å². The van der Waals surface area contributed by atoms with Crippen molar-refractivity contribution >= 4 is 34.3 Å². The lowest BCUT2D eigenvalue weighted by Gasteiger charge is -2.20. The second-order valence-electron chi connectivity index (χ2n) is 7.19. The lowest BCUT2D eigenvalue weighted by Crippen LogP contribution is -2.33. The molecule has 0 unspecified atom stereocenters. The summed E-state index contributed by atoms with van der Waals surface area (Å²) in [7, 11) is 0. The highest BCUT2D eigenvalue weighted by Gasteiger charge is 2.19. The van der Waals surface area contributed by atoms with Gasteiger partial charge in [-0.25, -0.2) is 4.98 Å². The van der Waals surface area contributed by atoms with Gasteiger partial charge >= 0.3 is 0 Å². The number of aromatic nitrogens is 2. The Kier molecular flexibility index (Phi) is 5.54. The van der Waals surface area contributed by atoms with Crippen LogP contribution in [0.25, 0.3) is 16.7 Å². The van der Waals surface area contributed by atoms with Crippen LogP contribution in [-0.4, -0.2) is 39.0 Å². The van der Waals surface area contributed by atoms with Crippen molar-refractivity contribution < 1.29 is 4.79 Å². The van der Waals surface area contributed by atoms with Gasteiger partial charge in [0.2, 0.25) is 5.91 Å². The molecule has 28 heavy (non-hydrogen) atoms. The largest absolute Gasteiger partial charge is 0.342 e. The summed E-state index contributed by atoms with van der Waals surface area (Å²) in [5.74, 6) is 0.614. The van der Waals surface area contributed by atoms with Crippen LogP contribution >= 0.6 is 11.8 Å². The summed E-state index contributed by atoms with van der Waals surface area (Å²) >= 11 is 1.55. The number of imidazole rings is 1. The van der Waals surface area contributed by atoms with Crippen LogP contribution in [-0.2, 0) is 11.2 Å². The number of hydrogen-bond donors (Lipinski definition) is 0. The molecule has 4 rings (SSSR count). The van der Waals surface area contributed by atoms with Gasteiger partial charge in [0.05, 0.1) is 27.4 Å². The molecule has 3 heterocycles. The highest BCUT2D eigenvalue weighted by atomic mass is 32.2. The maximum absolute atomic E-state index is 12.8. The minimum absolute atomic E-state index is 0.201. The molecule has 0 aliphatic carbocycles. The highest BCUT2D eigenvalue weighted by molar-refractivity contribution is 7.99. The van der Waals surface area contributed by atoms with Gasteiger partial charge in [-0.2, -0.15) is 5.26 Å². The topological polar surface area (TPSA) is 61.4 Å². The van der Waals surface area contributed by atoms with Crippen LogP contribution in [0.4, 0.5) is 0 Å². The van der Waals surface area contributed by atoms with E-state index >= 15 is 0 Å². The van der Waals surface area contributed by atoms with E-state index in [1.54, 1.807) is 11.8 Å². The summed E-state index contributed by atoms with van der Waals surface area (Å²) in [6.45, 7) is 3.79. The number of para-hydroxylation sites is 2. The maximum Gasteiger partial charge on any atom is 0.232 e. The van der Waals surface area contributed by atoms with E-state index in [2.05, 4.69) is 12.1 Å². The third kappa shape index (κ3) is 3.47. The molecule has 1 amide bonds. The maximum atomic E-state index is 12.8. The van der Waals surface area contributed by atoms with E-state index in [1.165, 1.54) is 12.8 Å². The normalized spacial score (nSPS) is 14.9. The first-order valence-corrected chi connectivity index (χ1v) is 10.9. The third-order valence-electron chi connectivity index (χ3n) is 5.42. The monoisotopic (exact) mass is 392 g/mol. The highest BCUT2D eigenvalue weighted by Crippen LogP contribution is 2.30. The van der Waals surface area contributed by atoms with Crippen LogP contribution in [0.3, 0.4) is 0 Å². The minimum Gasteiger partial charge on any atom is -0.342 e. The van der Waals surface area contributed by atoms with E-state index in [-0.39, 0.29) is 5.91 Å². The van der Waals surface area contributed by atoms with Gasteiger partial charge in [-0.15, -0.1) is 0 Å². The number of thioether (sulfide) groups is 1. The lowest BCUT2D eigenvalue weighted by molar-refractivity contribution is -0.128. The Labute approximate surface area is 169 Å². The smallest absolute Gasteiger partial charge is 0.232 e. The number of carbonyl (C=O) groups excluding carboxylic acids is 1. The molecule has 1 saturated heterocycles. The van der Waals surface area contributed by atoms with Gasteiger partial charge in [0.25, 0.3) is 0 Å². The van der Waals surface area contributed by atoms with Crippen molar-refractivity contribution in [1.29, 1.82) is 5.26 Å². The Morgan fingerprint density at radius 3 is 2.68 bits per heavy atom. The van der Waals surface area contributed by atoms with Crippen molar-refractivity contribution in [2.45, 2.75) is 44.1 Å². The van der Waals surface area contributed by atoms with E-state index in [0.29, 0.717) is 17.0 Å². The number of hydrogen-bond acceptors (Lipinski definition) is 4. The predicted octanol–water partition coefficient (Wildman–Crippen LogP) is 4.42. The average Bonchev–Trinajstić information content (AvgIpc) is 2.90. The Morgan fingerprint density at radius 2 is 1.96 bits per heavy atom. The number of likely N-dealkylation sites (tertiary alicyclic amines) is 1. The molecule has 0 spiro atoms. The van der Waals surface area contributed by atoms with Gasteiger partial charge in [0, 0.05) is 13.1 Å². The van der Waals surface area contributed by atoms with E-state index in [0.717, 1.165) is 54.0 Å². The fourth-order valence-electron chi connectivity index (χ4n) is 3.90. The molecule has 1 aliphatic rings. The van der Waals surface area contributed by atoms with Gasteiger partial charge < -0.3 is 4.90 Å². The molecule has 144 valence electrons. The van der Waals surface area contributed by atoms with E-state index in [1.807, 2.05) is 40.5 Å². The van der Waals surface area contributed by atoms with E-state index < -0.39 is 0 Å². The summed E-state index contributed by atoms with van der Waals surface area (Å²) in [5.41, 5.74) is 4.14. The number of fused-ring (bicyclic) bond motifs is 3. The number of rotatable bonds is 4. The number of nitriles is 1. The molecule has 2 aromatic heterocycles. The number of pyridine rings is 1. The molecule has 0 radical (unpaired) electrons. The average molecular weight is 393 g/mol. The summed E-state index contributed by atoms with van der Waals surface area (Å²) in [4.78, 5) is 19.5. The van der Waals surface area contributed by atoms with Crippen LogP contribution in [0.2, 0.25) is 0 Å². The van der Waals surface area contributed by atoms with Crippen molar-refractivity contribution in [1.82, 2.24) is 14.3 Å². The fraction of sp³-hybridized carbons (Fsp3) is 0.409. The van der Waals surface area contributed by atoms with Crippen molar-refractivity contribution in [3.05, 3.63) is 41.5 Å². The predicted molar refractivity (Wildman–Crippen MR) is 113 cm³/mol. The molecule has 1 aromatic carbocycles. The summed E-state index contributed by atoms with van der Waals surface area (Å²) < 4.78 is 2.04. The van der Waals surface area contributed by atoms with Gasteiger partial charge in [0.1, 0.15) is 6.07 Å². The minimum atomic E-state index is 0.201. The first kappa shape index (κ1) is 18.8. The van der Waals surface area contributed by atoms with E-state index in [4.69, 9.17) is 4.98 Å². The molecular formula is C22H24N4OS. The lowest BCUT2D eigenvalue weighted by atomic mass is 10.1. The molecule has 0 saturated carbocycles. The van der Waals surface area contributed by atoms with E-state index in [9.17, 15) is 10.1 Å². The third-order valence-corrected chi connectivity index (χ3v) is 6.41. The zero-order valence-corrected chi connectivity index (χ0v) is 17.0. The van der Waals surface area contributed by atoms with Crippen LogP contribution < -0.4 is 0 Å². The molecular weight excluding hydrogens is 368 g/mol. The van der Waals surface area contributed by atoms with Crippen molar-refractivity contribution in [2.24, 2.45) is 0 Å². The molecule has 1 fully saturated rings. The standard InChI is InChI=1S/C22H24N4OS/c1-2-16-13-21(28-15-20(27)25-11-7-3-4-8-12-25)26-19-10-6-5-9-18(19)24-22(26)17(16)14-23/h5-6,9-10,13H,2-4,7-8,11-12,15H2,1H3. The van der Waals surface area contributed by atoms with Crippen LogP contribution in [0, 0.1) is 11.3 Å². The fourth-order valence-corrected chi connectivity index (χ4v) is 4.89. The molecule has 3 aromatic rings. The van der Waals surface area contributed by atoms with Crippen molar-refractivity contribution in [2.75, 3.05) is 18.8 Å². The summed E-state index contributed by atoms with van der Waals surface area (Å²) in [6, 6.07) is 12.3. The molecule has 5 nitrogen and oxygen atoms in total. The molecule has 0 bridgehead atoms. The number of carbonyl (C=O) groups is 1. The van der Waals surface area contributed by atoms with Gasteiger partial charge in [-0.3, -0.25) is 9.20 Å². The molecule has 0 N–H and O–H groups in total. The number of amides is 1. The number of nitrogens with zero attached hydrogens (tertiary/aromatic N) is 4. The molecule has 1 aliphatic heterocycles. The van der Waals surface area contributed by atoms with Crippen LogP contribution in [0.15, 0.2) is 35.4 Å². The Bertz CT molecular complexity index is 1060. The Morgan fingerprint density at radius 1 is 1.21 bits per heavy atom. The first-order chi connectivity index (χ1) is 13.7.